The molecular weight excluding hydrogens is 208 g/mol. The topological polar surface area (TPSA) is 17.1 Å². The van der Waals surface area contributed by atoms with Gasteiger partial charge >= 0.3 is 0 Å². The molecule has 0 bridgehead atoms. The SMILES string of the molecule is C=C(C)c1ccc(C(=O)C(C)(C)Cl)cc1. The Morgan fingerprint density at radius 3 is 1.93 bits per heavy atom. The third-order valence-electron chi connectivity index (χ3n) is 2.18. The van der Waals surface area contributed by atoms with Gasteiger partial charge < -0.3 is 0 Å². The van der Waals surface area contributed by atoms with Gasteiger partial charge in [-0.3, -0.25) is 4.79 Å². The number of hydrogen-bond donors (Lipinski definition) is 0. The minimum absolute atomic E-state index is 0.0579. The van der Waals surface area contributed by atoms with Crippen molar-refractivity contribution in [2.75, 3.05) is 0 Å². The lowest BCUT2D eigenvalue weighted by atomic mass is 9.98. The maximum atomic E-state index is 11.8. The maximum absolute atomic E-state index is 11.8. The molecule has 0 atom stereocenters. The lowest BCUT2D eigenvalue weighted by molar-refractivity contribution is 0.0954. The molecule has 1 nitrogen and oxygen atoms in total. The zero-order valence-electron chi connectivity index (χ0n) is 9.30. The van der Waals surface area contributed by atoms with Crippen molar-refractivity contribution < 1.29 is 4.79 Å². The monoisotopic (exact) mass is 222 g/mol. The second-order valence-electron chi connectivity index (χ2n) is 4.16. The number of carbonyl (C=O) groups is 1. The van der Waals surface area contributed by atoms with Crippen LogP contribution in [0.5, 0.6) is 0 Å². The Bertz CT molecular complexity index is 382. The van der Waals surface area contributed by atoms with E-state index in [4.69, 9.17) is 11.6 Å². The standard InChI is InChI=1S/C13H15ClO/c1-9(2)10-5-7-11(8-6-10)12(15)13(3,4)14/h5-8H,1H2,2-4H3. The summed E-state index contributed by atoms with van der Waals surface area (Å²) in [5.41, 5.74) is 2.66. The van der Waals surface area contributed by atoms with Crippen LogP contribution in [-0.4, -0.2) is 10.7 Å². The van der Waals surface area contributed by atoms with Crippen LogP contribution in [0.3, 0.4) is 0 Å². The fraction of sp³-hybridized carbons (Fsp3) is 0.308. The predicted octanol–water partition coefficient (Wildman–Crippen LogP) is 3.92. The van der Waals surface area contributed by atoms with Gasteiger partial charge in [0.1, 0.15) is 4.87 Å². The minimum Gasteiger partial charge on any atom is -0.292 e. The molecule has 0 saturated heterocycles. The summed E-state index contributed by atoms with van der Waals surface area (Å²) in [6.45, 7) is 9.17. The van der Waals surface area contributed by atoms with Crippen LogP contribution in [0.25, 0.3) is 5.57 Å². The highest BCUT2D eigenvalue weighted by Gasteiger charge is 2.25. The fourth-order valence-electron chi connectivity index (χ4n) is 1.25. The number of hydrogen-bond acceptors (Lipinski definition) is 1. The van der Waals surface area contributed by atoms with E-state index < -0.39 is 4.87 Å². The molecule has 0 aliphatic heterocycles. The number of halogens is 1. The van der Waals surface area contributed by atoms with Crippen molar-refractivity contribution in [1.82, 2.24) is 0 Å². The molecule has 0 aliphatic rings. The first-order chi connectivity index (χ1) is 6.82. The first-order valence-corrected chi connectivity index (χ1v) is 5.20. The highest BCUT2D eigenvalue weighted by molar-refractivity contribution is 6.37. The smallest absolute Gasteiger partial charge is 0.183 e. The molecule has 0 aliphatic carbocycles. The number of alkyl halides is 1. The average Bonchev–Trinajstić information content (AvgIpc) is 2.15. The zero-order valence-corrected chi connectivity index (χ0v) is 10.1. The molecule has 0 aromatic heterocycles. The number of ketones is 1. The Kier molecular flexibility index (Phi) is 3.35. The van der Waals surface area contributed by atoms with Crippen LogP contribution in [0.4, 0.5) is 0 Å². The van der Waals surface area contributed by atoms with Crippen molar-refractivity contribution in [3.05, 3.63) is 42.0 Å². The van der Waals surface area contributed by atoms with Gasteiger partial charge in [-0.05, 0) is 26.3 Å². The van der Waals surface area contributed by atoms with Crippen LogP contribution in [0.1, 0.15) is 36.7 Å². The molecule has 15 heavy (non-hydrogen) atoms. The molecule has 0 saturated carbocycles. The van der Waals surface area contributed by atoms with Gasteiger partial charge in [0.25, 0.3) is 0 Å². The zero-order chi connectivity index (χ0) is 11.6. The van der Waals surface area contributed by atoms with Crippen molar-refractivity contribution in [3.63, 3.8) is 0 Å². The molecule has 1 aromatic rings. The van der Waals surface area contributed by atoms with E-state index in [-0.39, 0.29) is 5.78 Å². The summed E-state index contributed by atoms with van der Waals surface area (Å²) < 4.78 is 0. The Morgan fingerprint density at radius 2 is 1.60 bits per heavy atom. The Morgan fingerprint density at radius 1 is 1.20 bits per heavy atom. The minimum atomic E-state index is -0.843. The summed E-state index contributed by atoms with van der Waals surface area (Å²) in [6.07, 6.45) is 0. The lowest BCUT2D eigenvalue weighted by Gasteiger charge is -2.14. The summed E-state index contributed by atoms with van der Waals surface area (Å²) in [6, 6.07) is 7.35. The van der Waals surface area contributed by atoms with Crippen LogP contribution in [0.2, 0.25) is 0 Å². The summed E-state index contributed by atoms with van der Waals surface area (Å²) in [4.78, 5) is 11.0. The third-order valence-corrected chi connectivity index (χ3v) is 2.35. The summed E-state index contributed by atoms with van der Waals surface area (Å²) in [7, 11) is 0. The molecule has 1 rings (SSSR count). The molecule has 0 radical (unpaired) electrons. The van der Waals surface area contributed by atoms with Gasteiger partial charge in [-0.15, -0.1) is 11.6 Å². The molecule has 0 N–H and O–H groups in total. The Labute approximate surface area is 95.8 Å². The number of carbonyl (C=O) groups excluding carboxylic acids is 1. The molecule has 0 fully saturated rings. The number of allylic oxidation sites excluding steroid dienone is 1. The number of Topliss-reactive ketones (excluding diaryl/α,β-unsaturated/α-hetero) is 1. The van der Waals surface area contributed by atoms with Gasteiger partial charge in [-0.2, -0.15) is 0 Å². The van der Waals surface area contributed by atoms with E-state index in [0.717, 1.165) is 11.1 Å². The van der Waals surface area contributed by atoms with Crippen LogP contribution in [0, 0.1) is 0 Å². The molecule has 80 valence electrons. The van der Waals surface area contributed by atoms with E-state index in [9.17, 15) is 4.79 Å². The van der Waals surface area contributed by atoms with E-state index in [0.29, 0.717) is 5.56 Å². The van der Waals surface area contributed by atoms with Crippen molar-refractivity contribution in [2.24, 2.45) is 0 Å². The van der Waals surface area contributed by atoms with Crippen molar-refractivity contribution >= 4 is 23.0 Å². The lowest BCUT2D eigenvalue weighted by Crippen LogP contribution is -2.24. The molecule has 2 heteroatoms. The maximum Gasteiger partial charge on any atom is 0.183 e. The predicted molar refractivity (Wildman–Crippen MR) is 65.4 cm³/mol. The largest absolute Gasteiger partial charge is 0.292 e. The quantitative estimate of drug-likeness (QED) is 0.560. The molecule has 0 unspecified atom stereocenters. The van der Waals surface area contributed by atoms with Gasteiger partial charge in [0.2, 0.25) is 0 Å². The highest BCUT2D eigenvalue weighted by Crippen LogP contribution is 2.21. The third kappa shape index (κ3) is 2.93. The molecular formula is C13H15ClO. The Hall–Kier alpha value is -1.08. The van der Waals surface area contributed by atoms with Gasteiger partial charge in [-0.1, -0.05) is 36.4 Å². The second-order valence-corrected chi connectivity index (χ2v) is 5.10. The highest BCUT2D eigenvalue weighted by atomic mass is 35.5. The normalized spacial score (nSPS) is 11.2. The first kappa shape index (κ1) is 12.0. The van der Waals surface area contributed by atoms with Gasteiger partial charge in [0.15, 0.2) is 5.78 Å². The molecule has 1 aromatic carbocycles. The molecule has 0 heterocycles. The van der Waals surface area contributed by atoms with Crippen molar-refractivity contribution in [1.29, 1.82) is 0 Å². The van der Waals surface area contributed by atoms with Crippen molar-refractivity contribution in [2.45, 2.75) is 25.6 Å². The van der Waals surface area contributed by atoms with Crippen LogP contribution in [-0.2, 0) is 0 Å². The van der Waals surface area contributed by atoms with E-state index in [1.54, 1.807) is 26.0 Å². The Balaban J connectivity index is 3.00. The van der Waals surface area contributed by atoms with Crippen LogP contribution in [0.15, 0.2) is 30.8 Å². The average molecular weight is 223 g/mol. The van der Waals surface area contributed by atoms with Gasteiger partial charge in [-0.25, -0.2) is 0 Å². The van der Waals surface area contributed by atoms with Gasteiger partial charge in [0, 0.05) is 5.56 Å². The van der Waals surface area contributed by atoms with Gasteiger partial charge in [0.05, 0.1) is 0 Å². The van der Waals surface area contributed by atoms with E-state index in [1.165, 1.54) is 0 Å². The molecule has 0 amide bonds. The molecule has 0 spiro atoms. The second kappa shape index (κ2) is 4.19. The summed E-state index contributed by atoms with van der Waals surface area (Å²) in [5.74, 6) is -0.0579. The number of rotatable bonds is 3. The fourth-order valence-corrected chi connectivity index (χ4v) is 1.36. The van der Waals surface area contributed by atoms with Crippen LogP contribution < -0.4 is 0 Å². The van der Waals surface area contributed by atoms with Crippen molar-refractivity contribution in [3.8, 4) is 0 Å². The van der Waals surface area contributed by atoms with E-state index in [2.05, 4.69) is 6.58 Å². The van der Waals surface area contributed by atoms with E-state index >= 15 is 0 Å². The summed E-state index contributed by atoms with van der Waals surface area (Å²) >= 11 is 5.95. The first-order valence-electron chi connectivity index (χ1n) is 4.82. The summed E-state index contributed by atoms with van der Waals surface area (Å²) in [5, 5.41) is 0. The van der Waals surface area contributed by atoms with Crippen LogP contribution >= 0.6 is 11.6 Å². The van der Waals surface area contributed by atoms with E-state index in [1.807, 2.05) is 19.1 Å². The number of benzene rings is 1.